The van der Waals surface area contributed by atoms with Crippen LogP contribution in [0.5, 0.6) is 0 Å². The maximum absolute atomic E-state index is 12.7. The summed E-state index contributed by atoms with van der Waals surface area (Å²) in [4.78, 5) is 28.4. The topological polar surface area (TPSA) is 71.3 Å². The number of carbonyl (C=O) groups is 2. The third kappa shape index (κ3) is 3.20. The largest absolute Gasteiger partial charge is 0.341 e. The van der Waals surface area contributed by atoms with E-state index in [2.05, 4.69) is 10.2 Å². The number of benzene rings is 1. The first-order valence-electron chi connectivity index (χ1n) is 8.99. The fourth-order valence-corrected chi connectivity index (χ4v) is 4.40. The Morgan fingerprint density at radius 1 is 1.19 bits per heavy atom. The van der Waals surface area contributed by atoms with Gasteiger partial charge in [-0.15, -0.1) is 10.2 Å². The second kappa shape index (κ2) is 6.64. The summed E-state index contributed by atoms with van der Waals surface area (Å²) in [5.74, 6) is 1.13. The molecule has 27 heavy (non-hydrogen) atoms. The van der Waals surface area contributed by atoms with Gasteiger partial charge in [-0.25, -0.2) is 0 Å². The molecular weight excluding hydrogens is 366 g/mol. The maximum atomic E-state index is 12.7. The second-order valence-electron chi connectivity index (χ2n) is 7.67. The van der Waals surface area contributed by atoms with Crippen LogP contribution < -0.4 is 0 Å². The second-order valence-corrected chi connectivity index (χ2v) is 8.10. The van der Waals surface area contributed by atoms with Crippen LogP contribution in [0.3, 0.4) is 0 Å². The van der Waals surface area contributed by atoms with E-state index in [4.69, 9.17) is 11.6 Å². The lowest BCUT2D eigenvalue weighted by molar-refractivity contribution is -0.143. The fraction of sp³-hybridized carbons (Fsp3) is 0.474. The predicted octanol–water partition coefficient (Wildman–Crippen LogP) is 1.49. The van der Waals surface area contributed by atoms with Crippen molar-refractivity contribution in [2.75, 3.05) is 26.2 Å². The van der Waals surface area contributed by atoms with Crippen molar-refractivity contribution in [1.82, 2.24) is 24.6 Å². The molecule has 2 aromatic rings. The summed E-state index contributed by atoms with van der Waals surface area (Å²) < 4.78 is 1.91. The molecule has 8 heteroatoms. The molecule has 1 aromatic heterocycles. The van der Waals surface area contributed by atoms with E-state index in [0.29, 0.717) is 37.6 Å². The van der Waals surface area contributed by atoms with Gasteiger partial charge < -0.3 is 14.4 Å². The highest BCUT2D eigenvalue weighted by Gasteiger charge is 2.57. The van der Waals surface area contributed by atoms with Gasteiger partial charge in [0.15, 0.2) is 0 Å². The van der Waals surface area contributed by atoms with E-state index >= 15 is 0 Å². The smallest absolute Gasteiger partial charge is 0.227 e. The number of hydrogen-bond donors (Lipinski definition) is 0. The lowest BCUT2D eigenvalue weighted by Gasteiger charge is -2.50. The minimum Gasteiger partial charge on any atom is -0.341 e. The molecule has 2 saturated heterocycles. The molecule has 4 rings (SSSR count). The van der Waals surface area contributed by atoms with Gasteiger partial charge in [0, 0.05) is 56.5 Å². The van der Waals surface area contributed by atoms with Crippen molar-refractivity contribution in [2.24, 2.45) is 12.5 Å². The maximum Gasteiger partial charge on any atom is 0.227 e. The number of likely N-dealkylation sites (tertiary alicyclic amines) is 2. The first-order chi connectivity index (χ1) is 12.9. The summed E-state index contributed by atoms with van der Waals surface area (Å²) >= 11 is 5.91. The van der Waals surface area contributed by atoms with Crippen LogP contribution in [0, 0.1) is 5.41 Å². The van der Waals surface area contributed by atoms with Crippen molar-refractivity contribution in [3.05, 3.63) is 47.0 Å². The predicted molar refractivity (Wildman–Crippen MR) is 100 cm³/mol. The number of rotatable bonds is 3. The monoisotopic (exact) mass is 387 g/mol. The van der Waals surface area contributed by atoms with Crippen molar-refractivity contribution in [3.8, 4) is 0 Å². The molecule has 3 heterocycles. The first kappa shape index (κ1) is 18.0. The van der Waals surface area contributed by atoms with Gasteiger partial charge >= 0.3 is 0 Å². The van der Waals surface area contributed by atoms with Crippen molar-refractivity contribution >= 4 is 23.4 Å². The fourth-order valence-electron chi connectivity index (χ4n) is 4.27. The molecule has 0 radical (unpaired) electrons. The Bertz CT molecular complexity index is 872. The summed E-state index contributed by atoms with van der Waals surface area (Å²) in [5.41, 5.74) is 0.814. The lowest BCUT2D eigenvalue weighted by atomic mass is 9.71. The molecule has 2 fully saturated rings. The van der Waals surface area contributed by atoms with E-state index in [9.17, 15) is 9.59 Å². The van der Waals surface area contributed by atoms with Crippen LogP contribution in [0.4, 0.5) is 0 Å². The van der Waals surface area contributed by atoms with E-state index in [0.717, 1.165) is 11.4 Å². The van der Waals surface area contributed by atoms with Crippen LogP contribution in [-0.4, -0.2) is 62.6 Å². The van der Waals surface area contributed by atoms with Gasteiger partial charge in [0.25, 0.3) is 0 Å². The average Bonchev–Trinajstić information content (AvgIpc) is 3.19. The number of aromatic nitrogens is 3. The molecule has 0 N–H and O–H groups in total. The van der Waals surface area contributed by atoms with Crippen molar-refractivity contribution < 1.29 is 9.59 Å². The van der Waals surface area contributed by atoms with Gasteiger partial charge in [-0.1, -0.05) is 23.7 Å². The summed E-state index contributed by atoms with van der Waals surface area (Å²) in [7, 11) is 1.92. The minimum atomic E-state index is -0.137. The number of carbonyl (C=O) groups excluding carboxylic acids is 2. The van der Waals surface area contributed by atoms with Crippen molar-refractivity contribution in [1.29, 1.82) is 0 Å². The number of hydrogen-bond acceptors (Lipinski definition) is 4. The zero-order chi connectivity index (χ0) is 19.2. The summed E-state index contributed by atoms with van der Waals surface area (Å²) in [6.07, 6.45) is 2.04. The van der Waals surface area contributed by atoms with Gasteiger partial charge in [-0.2, -0.15) is 0 Å². The highest BCUT2D eigenvalue weighted by atomic mass is 35.5. The Hall–Kier alpha value is -2.41. The van der Waals surface area contributed by atoms with Crippen LogP contribution in [0.1, 0.15) is 24.2 Å². The lowest BCUT2D eigenvalue weighted by Crippen LogP contribution is -2.62. The standard InChI is InChI=1S/C19H22ClN5O2/c1-13(26)24-8-16(18-22-21-12-23(18)2)19(9-24)10-25(11-19)17(27)7-14-3-5-15(20)6-4-14/h3-6,12,16H,7-11H2,1-2H3. The highest BCUT2D eigenvalue weighted by Crippen LogP contribution is 2.48. The molecule has 142 valence electrons. The van der Waals surface area contributed by atoms with Gasteiger partial charge in [0.1, 0.15) is 12.2 Å². The van der Waals surface area contributed by atoms with E-state index in [1.807, 2.05) is 33.5 Å². The minimum absolute atomic E-state index is 0.0602. The van der Waals surface area contributed by atoms with Crippen LogP contribution in [0.2, 0.25) is 5.02 Å². The normalized spacial score (nSPS) is 20.8. The zero-order valence-corrected chi connectivity index (χ0v) is 16.2. The summed E-state index contributed by atoms with van der Waals surface area (Å²) in [6, 6.07) is 7.36. The molecule has 2 aliphatic heterocycles. The van der Waals surface area contributed by atoms with Crippen molar-refractivity contribution in [2.45, 2.75) is 19.3 Å². The molecular formula is C19H22ClN5O2. The number of amides is 2. The SMILES string of the molecule is CC(=O)N1CC(c2nncn2C)C2(C1)CN(C(=O)Cc1ccc(Cl)cc1)C2. The van der Waals surface area contributed by atoms with Gasteiger partial charge in [-0.3, -0.25) is 9.59 Å². The van der Waals surface area contributed by atoms with Gasteiger partial charge in [0.2, 0.25) is 11.8 Å². The molecule has 0 saturated carbocycles. The molecule has 1 spiro atoms. The van der Waals surface area contributed by atoms with E-state index in [1.165, 1.54) is 0 Å². The summed E-state index contributed by atoms with van der Waals surface area (Å²) in [5, 5.41) is 8.93. The Morgan fingerprint density at radius 2 is 1.85 bits per heavy atom. The number of nitrogens with zero attached hydrogens (tertiary/aromatic N) is 5. The first-order valence-corrected chi connectivity index (χ1v) is 9.37. The molecule has 1 unspecified atom stereocenters. The third-order valence-corrected chi connectivity index (χ3v) is 6.04. The Kier molecular flexibility index (Phi) is 4.42. The molecule has 1 aromatic carbocycles. The van der Waals surface area contributed by atoms with E-state index < -0.39 is 0 Å². The van der Waals surface area contributed by atoms with Crippen LogP contribution >= 0.6 is 11.6 Å². The van der Waals surface area contributed by atoms with Crippen LogP contribution in [0.15, 0.2) is 30.6 Å². The zero-order valence-electron chi connectivity index (χ0n) is 15.4. The average molecular weight is 388 g/mol. The Balaban J connectivity index is 1.48. The molecule has 1 atom stereocenters. The van der Waals surface area contributed by atoms with E-state index in [-0.39, 0.29) is 23.1 Å². The number of halogens is 1. The molecule has 2 amide bonds. The number of aryl methyl sites for hydroxylation is 1. The van der Waals surface area contributed by atoms with E-state index in [1.54, 1.807) is 25.4 Å². The quantitative estimate of drug-likeness (QED) is 0.799. The Morgan fingerprint density at radius 3 is 2.44 bits per heavy atom. The van der Waals surface area contributed by atoms with Gasteiger partial charge in [0.05, 0.1) is 6.42 Å². The summed E-state index contributed by atoms with van der Waals surface area (Å²) in [6.45, 7) is 4.15. The molecule has 7 nitrogen and oxygen atoms in total. The molecule has 0 bridgehead atoms. The highest BCUT2D eigenvalue weighted by molar-refractivity contribution is 6.30. The molecule has 2 aliphatic rings. The van der Waals surface area contributed by atoms with Gasteiger partial charge in [-0.05, 0) is 17.7 Å². The van der Waals surface area contributed by atoms with Crippen LogP contribution in [0.25, 0.3) is 0 Å². The third-order valence-electron chi connectivity index (χ3n) is 5.78. The molecule has 0 aliphatic carbocycles. The van der Waals surface area contributed by atoms with Crippen LogP contribution in [-0.2, 0) is 23.1 Å². The Labute approximate surface area is 162 Å². The van der Waals surface area contributed by atoms with Crippen molar-refractivity contribution in [3.63, 3.8) is 0 Å².